The number of carbonyl (C=O) groups excluding carboxylic acids is 1. The van der Waals surface area contributed by atoms with Crippen molar-refractivity contribution >= 4 is 11.7 Å². The van der Waals surface area contributed by atoms with E-state index in [1.807, 2.05) is 0 Å². The summed E-state index contributed by atoms with van der Waals surface area (Å²) in [6, 6.07) is 0. The van der Waals surface area contributed by atoms with Crippen LogP contribution in [0.1, 0.15) is 6.42 Å². The van der Waals surface area contributed by atoms with Crippen LogP contribution < -0.4 is 5.11 Å². The third-order valence-corrected chi connectivity index (χ3v) is 0.705. The maximum absolute atomic E-state index is 9.80. The van der Waals surface area contributed by atoms with Gasteiger partial charge in [-0.25, -0.2) is 0 Å². The van der Waals surface area contributed by atoms with Gasteiger partial charge >= 0.3 is 5.71 Å². The van der Waals surface area contributed by atoms with E-state index in [1.54, 1.807) is 0 Å². The first-order valence-electron chi connectivity index (χ1n) is 2.26. The van der Waals surface area contributed by atoms with Crippen LogP contribution in [0, 0.1) is 5.53 Å². The molecule has 48 valence electrons. The third kappa shape index (κ3) is 3.20. The fourth-order valence-electron chi connectivity index (χ4n) is 0.305. The number of carboxylic acids is 1. The summed E-state index contributed by atoms with van der Waals surface area (Å²) in [5.74, 6) is -1.25. The number of hydrogen-bond donors (Lipinski definition) is 1. The van der Waals surface area contributed by atoms with E-state index in [-0.39, 0.29) is 12.1 Å². The van der Waals surface area contributed by atoms with Crippen LogP contribution in [0.5, 0.6) is 0 Å². The average Bonchev–Trinajstić information content (AvgIpc) is 1.82. The molecule has 9 heavy (non-hydrogen) atoms. The molecule has 0 amide bonds. The molecule has 0 spiro atoms. The lowest BCUT2D eigenvalue weighted by Gasteiger charge is -1.89. The van der Waals surface area contributed by atoms with E-state index in [4.69, 9.17) is 5.53 Å². The zero-order valence-electron chi connectivity index (χ0n) is 4.76. The Hall–Kier alpha value is -1.41. The lowest BCUT2D eigenvalue weighted by molar-refractivity contribution is -0.304. The van der Waals surface area contributed by atoms with Gasteiger partial charge in [-0.1, -0.05) is 6.58 Å². The Morgan fingerprint density at radius 1 is 1.89 bits per heavy atom. The van der Waals surface area contributed by atoms with E-state index in [2.05, 4.69) is 11.4 Å². The number of aliphatic carboxylic acids is 1. The van der Waals surface area contributed by atoms with E-state index in [1.165, 1.54) is 6.08 Å². The van der Waals surface area contributed by atoms with Gasteiger partial charge in [-0.2, -0.15) is 0 Å². The third-order valence-electron chi connectivity index (χ3n) is 0.705. The zero-order chi connectivity index (χ0) is 7.28. The van der Waals surface area contributed by atoms with E-state index in [9.17, 15) is 9.90 Å². The first kappa shape index (κ1) is 7.59. The minimum Gasteiger partial charge on any atom is -0.550 e. The normalized spacial score (nSPS) is 7.56. The molecule has 0 radical (unpaired) electrons. The van der Waals surface area contributed by atoms with Crippen LogP contribution in [0.25, 0.3) is 0 Å². The molecule has 0 saturated heterocycles. The molecule has 4 nitrogen and oxygen atoms in total. The lowest BCUT2D eigenvalue weighted by Crippen LogP contribution is -2.24. The van der Waals surface area contributed by atoms with E-state index >= 15 is 0 Å². The van der Waals surface area contributed by atoms with Crippen molar-refractivity contribution in [1.82, 2.24) is 0 Å². The first-order valence-corrected chi connectivity index (χ1v) is 2.26. The van der Waals surface area contributed by atoms with Gasteiger partial charge in [0.05, 0.1) is 22.7 Å². The molecule has 0 atom stereocenters. The summed E-state index contributed by atoms with van der Waals surface area (Å²) < 4.78 is 0. The number of rotatable bonds is 3. The largest absolute Gasteiger partial charge is 0.550 e. The second kappa shape index (κ2) is 3.57. The summed E-state index contributed by atoms with van der Waals surface area (Å²) in [7, 11) is 0. The smallest absolute Gasteiger partial charge is 0.346 e. The molecule has 0 aromatic heterocycles. The number of carbonyl (C=O) groups is 1. The highest BCUT2D eigenvalue weighted by atomic mass is 16.4. The van der Waals surface area contributed by atoms with Crippen molar-refractivity contribution in [3.8, 4) is 0 Å². The van der Waals surface area contributed by atoms with Gasteiger partial charge in [0.1, 0.15) is 0 Å². The van der Waals surface area contributed by atoms with Gasteiger partial charge in [0.25, 0.3) is 0 Å². The SMILES string of the molecule is C=CC(CC(=O)[O-])=[N+]=N. The van der Waals surface area contributed by atoms with Crippen molar-refractivity contribution in [2.24, 2.45) is 0 Å². The van der Waals surface area contributed by atoms with Gasteiger partial charge in [0.15, 0.2) is 0 Å². The topological polar surface area (TPSA) is 78.1 Å². The van der Waals surface area contributed by atoms with Crippen LogP contribution in [-0.2, 0) is 4.79 Å². The Bertz CT molecular complexity index is 179. The van der Waals surface area contributed by atoms with Gasteiger partial charge in [-0.3, -0.25) is 0 Å². The van der Waals surface area contributed by atoms with Crippen molar-refractivity contribution in [2.75, 3.05) is 0 Å². The fourth-order valence-corrected chi connectivity index (χ4v) is 0.305. The van der Waals surface area contributed by atoms with Crippen LogP contribution in [0.2, 0.25) is 0 Å². The highest BCUT2D eigenvalue weighted by Gasteiger charge is 2.03. The number of nitrogens with zero attached hydrogens (tertiary/aromatic N) is 1. The molecule has 0 aliphatic heterocycles. The molecule has 0 bridgehead atoms. The first-order chi connectivity index (χ1) is 4.20. The van der Waals surface area contributed by atoms with Gasteiger partial charge in [-0.15, -0.1) is 0 Å². The highest BCUT2D eigenvalue weighted by molar-refractivity contribution is 6.00. The number of hydrogen-bond acceptors (Lipinski definition) is 3. The van der Waals surface area contributed by atoms with E-state index < -0.39 is 5.97 Å². The van der Waals surface area contributed by atoms with Crippen LogP contribution in [0.4, 0.5) is 0 Å². The maximum atomic E-state index is 9.80. The molecular formula is C5H6N2O2. The van der Waals surface area contributed by atoms with Crippen molar-refractivity contribution in [1.29, 1.82) is 5.53 Å². The molecule has 1 N–H and O–H groups in total. The Morgan fingerprint density at radius 3 is 2.56 bits per heavy atom. The van der Waals surface area contributed by atoms with Crippen molar-refractivity contribution in [3.63, 3.8) is 0 Å². The second-order valence-corrected chi connectivity index (χ2v) is 1.36. The Morgan fingerprint density at radius 2 is 2.44 bits per heavy atom. The standard InChI is InChI=1S/C5H6N2O2/c1-2-4(7-6)3-5(8)9/h2,6H,1,3H2. The van der Waals surface area contributed by atoms with E-state index in [0.29, 0.717) is 0 Å². The summed E-state index contributed by atoms with van der Waals surface area (Å²) in [6.45, 7) is 3.24. The van der Waals surface area contributed by atoms with E-state index in [0.717, 1.165) is 0 Å². The quantitative estimate of drug-likeness (QED) is 0.299. The summed E-state index contributed by atoms with van der Waals surface area (Å²) in [6.07, 6.45) is 0.871. The molecule has 0 aromatic rings. The van der Waals surface area contributed by atoms with Gasteiger partial charge in [0.2, 0.25) is 0 Å². The number of nitrogens with one attached hydrogen (secondary N) is 1. The highest BCUT2D eigenvalue weighted by Crippen LogP contribution is 1.79. The Labute approximate surface area is 52.0 Å². The zero-order valence-corrected chi connectivity index (χ0v) is 4.76. The molecule has 0 saturated carbocycles. The van der Waals surface area contributed by atoms with Crippen molar-refractivity contribution in [2.45, 2.75) is 6.42 Å². The molecule has 0 unspecified atom stereocenters. The van der Waals surface area contributed by atoms with Crippen molar-refractivity contribution in [3.05, 3.63) is 12.7 Å². The predicted octanol–water partition coefficient (Wildman–Crippen LogP) is -1.01. The van der Waals surface area contributed by atoms with Crippen LogP contribution in [0.15, 0.2) is 12.7 Å². The lowest BCUT2D eigenvalue weighted by atomic mass is 10.3. The molecule has 0 heterocycles. The van der Waals surface area contributed by atoms with Gasteiger partial charge < -0.3 is 9.90 Å². The summed E-state index contributed by atoms with van der Waals surface area (Å²) >= 11 is 0. The molecule has 0 aromatic carbocycles. The van der Waals surface area contributed by atoms with Crippen molar-refractivity contribution < 1.29 is 14.7 Å². The molecular weight excluding hydrogens is 120 g/mol. The molecule has 0 aliphatic rings. The number of carboxylic acid groups (broad SMARTS) is 1. The molecule has 4 heteroatoms. The number of allylic oxidation sites excluding steroid dienone is 1. The van der Waals surface area contributed by atoms with Gasteiger partial charge in [-0.05, 0) is 0 Å². The van der Waals surface area contributed by atoms with Gasteiger partial charge in [0, 0.05) is 6.08 Å². The van der Waals surface area contributed by atoms with Crippen LogP contribution >= 0.6 is 0 Å². The maximum Gasteiger partial charge on any atom is 0.346 e. The summed E-state index contributed by atoms with van der Waals surface area (Å²) in [4.78, 5) is 12.7. The fraction of sp³-hybridized carbons (Fsp3) is 0.200. The predicted molar refractivity (Wildman–Crippen MR) is 27.8 cm³/mol. The average molecular weight is 126 g/mol. The minimum atomic E-state index is -1.25. The Balaban J connectivity index is 4.02. The van der Waals surface area contributed by atoms with Crippen LogP contribution in [-0.4, -0.2) is 16.5 Å². The molecule has 0 rings (SSSR count). The monoisotopic (exact) mass is 126 g/mol. The molecule has 0 aliphatic carbocycles. The Kier molecular flexibility index (Phi) is 3.01. The minimum absolute atomic E-state index is 0.106. The summed E-state index contributed by atoms with van der Waals surface area (Å²) in [5, 5.41) is 9.80. The van der Waals surface area contributed by atoms with Crippen LogP contribution in [0.3, 0.4) is 0 Å². The summed E-state index contributed by atoms with van der Waals surface area (Å²) in [5.41, 5.74) is 6.49. The molecule has 0 fully saturated rings. The second-order valence-electron chi connectivity index (χ2n) is 1.36.